The van der Waals surface area contributed by atoms with E-state index in [4.69, 9.17) is 12.2 Å². The van der Waals surface area contributed by atoms with Crippen LogP contribution in [-0.4, -0.2) is 12.2 Å². The Bertz CT molecular complexity index is 324. The molecule has 1 atom stereocenters. The molecule has 2 N–H and O–H groups in total. The maximum Gasteiger partial charge on any atom is 0.166 e. The summed E-state index contributed by atoms with van der Waals surface area (Å²) in [6.07, 6.45) is 1.00. The zero-order valence-electron chi connectivity index (χ0n) is 8.88. The molecule has 4 heteroatoms. The van der Waals surface area contributed by atoms with E-state index >= 15 is 0 Å². The van der Waals surface area contributed by atoms with Gasteiger partial charge in [-0.15, -0.1) is 0 Å². The van der Waals surface area contributed by atoms with Crippen LogP contribution in [0.2, 0.25) is 0 Å². The minimum absolute atomic E-state index is 0.276. The van der Waals surface area contributed by atoms with Crippen molar-refractivity contribution in [2.45, 2.75) is 19.4 Å². The average Bonchev–Trinajstić information content (AvgIpc) is 2.27. The van der Waals surface area contributed by atoms with E-state index in [1.54, 1.807) is 0 Å². The Hall–Kier alpha value is -0.610. The van der Waals surface area contributed by atoms with Gasteiger partial charge in [0.15, 0.2) is 5.11 Å². The lowest BCUT2D eigenvalue weighted by atomic mass is 10.1. The summed E-state index contributed by atoms with van der Waals surface area (Å²) in [5.41, 5.74) is 1.25. The Balaban J connectivity index is 2.74. The molecule has 0 unspecified atom stereocenters. The van der Waals surface area contributed by atoms with Crippen LogP contribution in [-0.2, 0) is 0 Å². The van der Waals surface area contributed by atoms with Gasteiger partial charge in [0, 0.05) is 11.5 Å². The van der Waals surface area contributed by atoms with Crippen molar-refractivity contribution in [2.75, 3.05) is 7.05 Å². The standard InChI is InChI=1S/C11H15BrN2S/c1-3-10(14-11(15)13-2)8-4-6-9(12)7-5-8/h4-7,10H,3H2,1-2H3,(H2,13,14,15)/t10-/m1/s1. The second-order valence-corrected chi connectivity index (χ2v) is 4.56. The average molecular weight is 287 g/mol. The molecule has 0 aromatic heterocycles. The third-order valence-electron chi connectivity index (χ3n) is 2.21. The first-order chi connectivity index (χ1) is 7.17. The molecule has 1 aromatic rings. The number of benzene rings is 1. The van der Waals surface area contributed by atoms with E-state index in [1.807, 2.05) is 19.2 Å². The third kappa shape index (κ3) is 3.80. The molecule has 0 aliphatic carbocycles. The van der Waals surface area contributed by atoms with Crippen molar-refractivity contribution in [1.82, 2.24) is 10.6 Å². The van der Waals surface area contributed by atoms with E-state index in [0.717, 1.165) is 10.9 Å². The second kappa shape index (κ2) is 6.08. The lowest BCUT2D eigenvalue weighted by Gasteiger charge is -2.18. The molecule has 0 saturated carbocycles. The zero-order valence-corrected chi connectivity index (χ0v) is 11.3. The van der Waals surface area contributed by atoms with Crippen molar-refractivity contribution >= 4 is 33.3 Å². The first kappa shape index (κ1) is 12.5. The Kier molecular flexibility index (Phi) is 5.05. The van der Waals surface area contributed by atoms with E-state index in [9.17, 15) is 0 Å². The highest BCUT2D eigenvalue weighted by molar-refractivity contribution is 9.10. The van der Waals surface area contributed by atoms with Gasteiger partial charge in [-0.25, -0.2) is 0 Å². The summed E-state index contributed by atoms with van der Waals surface area (Å²) < 4.78 is 1.09. The SMILES string of the molecule is CC[C@@H](NC(=S)NC)c1ccc(Br)cc1. The van der Waals surface area contributed by atoms with Gasteiger partial charge >= 0.3 is 0 Å². The maximum absolute atomic E-state index is 5.09. The number of thiocarbonyl (C=S) groups is 1. The molecule has 15 heavy (non-hydrogen) atoms. The lowest BCUT2D eigenvalue weighted by Crippen LogP contribution is -2.35. The fraction of sp³-hybridized carbons (Fsp3) is 0.364. The molecule has 0 radical (unpaired) electrons. The molecule has 0 spiro atoms. The lowest BCUT2D eigenvalue weighted by molar-refractivity contribution is 0.621. The Morgan fingerprint density at radius 3 is 2.47 bits per heavy atom. The van der Waals surface area contributed by atoms with Gasteiger partial charge in [0.1, 0.15) is 0 Å². The van der Waals surface area contributed by atoms with Gasteiger partial charge in [-0.05, 0) is 36.3 Å². The van der Waals surface area contributed by atoms with Crippen LogP contribution in [0.15, 0.2) is 28.7 Å². The minimum atomic E-state index is 0.276. The van der Waals surface area contributed by atoms with Crippen molar-refractivity contribution in [1.29, 1.82) is 0 Å². The molecule has 0 bridgehead atoms. The van der Waals surface area contributed by atoms with Gasteiger partial charge in [0.2, 0.25) is 0 Å². The first-order valence-corrected chi connectivity index (χ1v) is 6.11. The molecule has 0 aliphatic rings. The van der Waals surface area contributed by atoms with Gasteiger partial charge in [-0.1, -0.05) is 35.0 Å². The van der Waals surface area contributed by atoms with Crippen LogP contribution in [0.4, 0.5) is 0 Å². The summed E-state index contributed by atoms with van der Waals surface area (Å²) in [5.74, 6) is 0. The predicted octanol–water partition coefficient (Wildman–Crippen LogP) is 2.99. The van der Waals surface area contributed by atoms with Crippen LogP contribution in [0, 0.1) is 0 Å². The molecule has 82 valence electrons. The molecule has 1 aromatic carbocycles. The highest BCUT2D eigenvalue weighted by atomic mass is 79.9. The van der Waals surface area contributed by atoms with Gasteiger partial charge in [0.05, 0.1) is 6.04 Å². The van der Waals surface area contributed by atoms with Crippen molar-refractivity contribution in [3.8, 4) is 0 Å². The van der Waals surface area contributed by atoms with E-state index < -0.39 is 0 Å². The molecule has 1 rings (SSSR count). The van der Waals surface area contributed by atoms with E-state index in [2.05, 4.69) is 45.6 Å². The highest BCUT2D eigenvalue weighted by Crippen LogP contribution is 2.19. The summed E-state index contributed by atoms with van der Waals surface area (Å²) >= 11 is 8.51. The topological polar surface area (TPSA) is 24.1 Å². The molecule has 0 fully saturated rings. The summed E-state index contributed by atoms with van der Waals surface area (Å²) in [7, 11) is 1.82. The quantitative estimate of drug-likeness (QED) is 0.836. The number of hydrogen-bond acceptors (Lipinski definition) is 1. The Morgan fingerprint density at radius 2 is 2.00 bits per heavy atom. The van der Waals surface area contributed by atoms with Gasteiger partial charge < -0.3 is 10.6 Å². The summed E-state index contributed by atoms with van der Waals surface area (Å²) in [6.45, 7) is 2.14. The number of rotatable bonds is 3. The minimum Gasteiger partial charge on any atom is -0.366 e. The molecule has 0 amide bonds. The smallest absolute Gasteiger partial charge is 0.166 e. The van der Waals surface area contributed by atoms with Crippen LogP contribution in [0.25, 0.3) is 0 Å². The maximum atomic E-state index is 5.09. The monoisotopic (exact) mass is 286 g/mol. The van der Waals surface area contributed by atoms with E-state index in [1.165, 1.54) is 5.56 Å². The number of nitrogens with one attached hydrogen (secondary N) is 2. The van der Waals surface area contributed by atoms with E-state index in [0.29, 0.717) is 5.11 Å². The normalized spacial score (nSPS) is 11.9. The third-order valence-corrected chi connectivity index (χ3v) is 3.06. The number of hydrogen-bond donors (Lipinski definition) is 2. The first-order valence-electron chi connectivity index (χ1n) is 4.91. The Labute approximate surface area is 105 Å². The van der Waals surface area contributed by atoms with E-state index in [-0.39, 0.29) is 6.04 Å². The second-order valence-electron chi connectivity index (χ2n) is 3.24. The fourth-order valence-electron chi connectivity index (χ4n) is 1.35. The van der Waals surface area contributed by atoms with Gasteiger partial charge in [0.25, 0.3) is 0 Å². The van der Waals surface area contributed by atoms with Crippen LogP contribution >= 0.6 is 28.1 Å². The highest BCUT2D eigenvalue weighted by Gasteiger charge is 2.09. The molecule has 0 aliphatic heterocycles. The van der Waals surface area contributed by atoms with Crippen molar-refractivity contribution in [2.24, 2.45) is 0 Å². The summed E-state index contributed by atoms with van der Waals surface area (Å²) in [5, 5.41) is 6.86. The summed E-state index contributed by atoms with van der Waals surface area (Å²) in [6, 6.07) is 8.56. The predicted molar refractivity (Wildman–Crippen MR) is 72.0 cm³/mol. The van der Waals surface area contributed by atoms with Crippen molar-refractivity contribution in [3.05, 3.63) is 34.3 Å². The molecular weight excluding hydrogens is 272 g/mol. The van der Waals surface area contributed by atoms with Crippen LogP contribution in [0.3, 0.4) is 0 Å². The van der Waals surface area contributed by atoms with Crippen LogP contribution in [0.5, 0.6) is 0 Å². The van der Waals surface area contributed by atoms with Gasteiger partial charge in [-0.2, -0.15) is 0 Å². The molecular formula is C11H15BrN2S. The summed E-state index contributed by atoms with van der Waals surface area (Å²) in [4.78, 5) is 0. The zero-order chi connectivity index (χ0) is 11.3. The van der Waals surface area contributed by atoms with Crippen molar-refractivity contribution < 1.29 is 0 Å². The van der Waals surface area contributed by atoms with Crippen LogP contribution in [0.1, 0.15) is 24.9 Å². The van der Waals surface area contributed by atoms with Crippen molar-refractivity contribution in [3.63, 3.8) is 0 Å². The molecule has 2 nitrogen and oxygen atoms in total. The van der Waals surface area contributed by atoms with Gasteiger partial charge in [-0.3, -0.25) is 0 Å². The molecule has 0 saturated heterocycles. The molecule has 0 heterocycles. The largest absolute Gasteiger partial charge is 0.366 e. The van der Waals surface area contributed by atoms with Crippen LogP contribution < -0.4 is 10.6 Å². The number of halogens is 1. The fourth-order valence-corrected chi connectivity index (χ4v) is 1.75. The Morgan fingerprint density at radius 1 is 1.40 bits per heavy atom.